The van der Waals surface area contributed by atoms with Crippen LogP contribution in [0, 0.1) is 17.2 Å². The average molecular weight is 226 g/mol. The molecule has 0 saturated heterocycles. The minimum Gasteiger partial charge on any atom is -0.356 e. The number of nitrogens with zero attached hydrogens (tertiary/aromatic N) is 4. The molecule has 86 valence electrons. The maximum Gasteiger partial charge on any atom is 0.158 e. The van der Waals surface area contributed by atoms with Crippen LogP contribution in [0.5, 0.6) is 0 Å². The Morgan fingerprint density at radius 1 is 1.41 bits per heavy atom. The predicted molar refractivity (Wildman–Crippen MR) is 67.6 cm³/mol. The van der Waals surface area contributed by atoms with E-state index in [0.29, 0.717) is 6.54 Å². The van der Waals surface area contributed by atoms with Crippen LogP contribution < -0.4 is 4.90 Å². The molecule has 0 radical (unpaired) electrons. The van der Waals surface area contributed by atoms with E-state index in [2.05, 4.69) is 16.3 Å². The van der Waals surface area contributed by atoms with Crippen molar-refractivity contribution in [2.24, 2.45) is 5.92 Å². The lowest BCUT2D eigenvalue weighted by Gasteiger charge is -2.19. The lowest BCUT2D eigenvalue weighted by molar-refractivity contribution is 0.708. The molecule has 4 nitrogen and oxygen atoms in total. The van der Waals surface area contributed by atoms with Gasteiger partial charge < -0.3 is 4.90 Å². The van der Waals surface area contributed by atoms with Gasteiger partial charge in [0.25, 0.3) is 0 Å². The van der Waals surface area contributed by atoms with Crippen molar-refractivity contribution in [3.8, 4) is 6.07 Å². The van der Waals surface area contributed by atoms with E-state index in [-0.39, 0.29) is 5.92 Å². The van der Waals surface area contributed by atoms with E-state index in [1.165, 1.54) is 0 Å². The summed E-state index contributed by atoms with van der Waals surface area (Å²) < 4.78 is 0. The topological polar surface area (TPSA) is 52.8 Å². The van der Waals surface area contributed by atoms with Crippen LogP contribution in [0.25, 0.3) is 10.8 Å². The molecule has 0 amide bonds. The molecule has 0 bridgehead atoms. The van der Waals surface area contributed by atoms with Crippen LogP contribution >= 0.6 is 0 Å². The summed E-state index contributed by atoms with van der Waals surface area (Å²) >= 11 is 0. The highest BCUT2D eigenvalue weighted by atomic mass is 15.2. The molecular formula is C13H14N4. The van der Waals surface area contributed by atoms with Crippen LogP contribution in [-0.2, 0) is 0 Å². The molecular weight excluding hydrogens is 212 g/mol. The fourth-order valence-electron chi connectivity index (χ4n) is 1.83. The minimum absolute atomic E-state index is 0.0271. The highest BCUT2D eigenvalue weighted by Crippen LogP contribution is 2.22. The van der Waals surface area contributed by atoms with Crippen molar-refractivity contribution in [1.82, 2.24) is 10.2 Å². The molecule has 4 heteroatoms. The molecule has 17 heavy (non-hydrogen) atoms. The van der Waals surface area contributed by atoms with Crippen LogP contribution in [0.3, 0.4) is 0 Å². The first-order chi connectivity index (χ1) is 8.22. The molecule has 2 rings (SSSR count). The predicted octanol–water partition coefficient (Wildman–Crippen LogP) is 2.23. The molecule has 1 atom stereocenters. The maximum atomic E-state index is 8.83. The molecule has 0 spiro atoms. The van der Waals surface area contributed by atoms with Gasteiger partial charge in [0.05, 0.1) is 18.2 Å². The second-order valence-corrected chi connectivity index (χ2v) is 4.17. The lowest BCUT2D eigenvalue weighted by Crippen LogP contribution is -2.24. The van der Waals surface area contributed by atoms with Crippen molar-refractivity contribution in [3.63, 3.8) is 0 Å². The number of anilines is 1. The van der Waals surface area contributed by atoms with Crippen molar-refractivity contribution in [2.75, 3.05) is 18.5 Å². The molecule has 0 aliphatic carbocycles. The van der Waals surface area contributed by atoms with Gasteiger partial charge in [-0.3, -0.25) is 0 Å². The van der Waals surface area contributed by atoms with Gasteiger partial charge in [-0.15, -0.1) is 5.10 Å². The maximum absolute atomic E-state index is 8.83. The number of hydrogen-bond acceptors (Lipinski definition) is 4. The smallest absolute Gasteiger partial charge is 0.158 e. The normalized spacial score (nSPS) is 12.1. The summed E-state index contributed by atoms with van der Waals surface area (Å²) in [6.45, 7) is 2.55. The highest BCUT2D eigenvalue weighted by molar-refractivity contribution is 5.91. The summed E-state index contributed by atoms with van der Waals surface area (Å²) in [5.74, 6) is 0.797. The second kappa shape index (κ2) is 4.79. The van der Waals surface area contributed by atoms with E-state index in [4.69, 9.17) is 5.26 Å². The zero-order valence-electron chi connectivity index (χ0n) is 9.96. The van der Waals surface area contributed by atoms with Gasteiger partial charge in [-0.25, -0.2) is 0 Å². The Morgan fingerprint density at radius 2 is 2.18 bits per heavy atom. The monoisotopic (exact) mass is 226 g/mol. The zero-order valence-corrected chi connectivity index (χ0v) is 9.96. The Bertz CT molecular complexity index is 553. The summed E-state index contributed by atoms with van der Waals surface area (Å²) in [4.78, 5) is 1.98. The zero-order chi connectivity index (χ0) is 12.3. The van der Waals surface area contributed by atoms with Gasteiger partial charge in [-0.05, 0) is 6.92 Å². The Kier molecular flexibility index (Phi) is 3.20. The number of hydrogen-bond donors (Lipinski definition) is 0. The van der Waals surface area contributed by atoms with Crippen LogP contribution in [-0.4, -0.2) is 23.8 Å². The van der Waals surface area contributed by atoms with E-state index in [0.717, 1.165) is 16.6 Å². The van der Waals surface area contributed by atoms with Crippen molar-refractivity contribution < 1.29 is 0 Å². The average Bonchev–Trinajstić information content (AvgIpc) is 2.37. The standard InChI is InChI=1S/C13H14N4/c1-10(7-14)9-17(2)13-12-6-4-3-5-11(12)8-15-16-13/h3-6,8,10H,9H2,1-2H3. The molecule has 1 unspecified atom stereocenters. The summed E-state index contributed by atoms with van der Waals surface area (Å²) in [7, 11) is 1.93. The van der Waals surface area contributed by atoms with E-state index in [1.807, 2.05) is 43.1 Å². The molecule has 0 N–H and O–H groups in total. The number of rotatable bonds is 3. The Labute approximate surface area is 100 Å². The van der Waals surface area contributed by atoms with Gasteiger partial charge in [-0.1, -0.05) is 24.3 Å². The second-order valence-electron chi connectivity index (χ2n) is 4.17. The highest BCUT2D eigenvalue weighted by Gasteiger charge is 2.10. The molecule has 0 saturated carbocycles. The number of fused-ring (bicyclic) bond motifs is 1. The van der Waals surface area contributed by atoms with E-state index >= 15 is 0 Å². The molecule has 0 aliphatic heterocycles. The molecule has 1 aromatic heterocycles. The largest absolute Gasteiger partial charge is 0.356 e. The van der Waals surface area contributed by atoms with E-state index < -0.39 is 0 Å². The molecule has 1 aromatic carbocycles. The summed E-state index contributed by atoms with van der Waals surface area (Å²) in [5.41, 5.74) is 0. The summed E-state index contributed by atoms with van der Waals surface area (Å²) in [6, 6.07) is 10.2. The Morgan fingerprint density at radius 3 is 2.94 bits per heavy atom. The Balaban J connectivity index is 2.38. The third-order valence-electron chi connectivity index (χ3n) is 2.68. The van der Waals surface area contributed by atoms with Gasteiger partial charge in [0.15, 0.2) is 5.82 Å². The van der Waals surface area contributed by atoms with Crippen molar-refractivity contribution >= 4 is 16.6 Å². The SMILES string of the molecule is CC(C#N)CN(C)c1nncc2ccccc12. The minimum atomic E-state index is -0.0271. The molecule has 1 heterocycles. The summed E-state index contributed by atoms with van der Waals surface area (Å²) in [6.07, 6.45) is 1.75. The first-order valence-corrected chi connectivity index (χ1v) is 5.53. The van der Waals surface area contributed by atoms with E-state index in [9.17, 15) is 0 Å². The lowest BCUT2D eigenvalue weighted by atomic mass is 10.1. The van der Waals surface area contributed by atoms with Crippen LogP contribution in [0.4, 0.5) is 5.82 Å². The first kappa shape index (κ1) is 11.3. The number of benzene rings is 1. The third-order valence-corrected chi connectivity index (χ3v) is 2.68. The van der Waals surface area contributed by atoms with Gasteiger partial charge in [0.2, 0.25) is 0 Å². The Hall–Kier alpha value is -2.15. The van der Waals surface area contributed by atoms with Crippen molar-refractivity contribution in [3.05, 3.63) is 30.5 Å². The van der Waals surface area contributed by atoms with Crippen molar-refractivity contribution in [2.45, 2.75) is 6.92 Å². The molecule has 2 aromatic rings. The first-order valence-electron chi connectivity index (χ1n) is 5.53. The molecule has 0 fully saturated rings. The van der Waals surface area contributed by atoms with Gasteiger partial charge in [0, 0.05) is 24.4 Å². The van der Waals surface area contributed by atoms with Gasteiger partial charge in [-0.2, -0.15) is 10.4 Å². The van der Waals surface area contributed by atoms with Crippen LogP contribution in [0.1, 0.15) is 6.92 Å². The third kappa shape index (κ3) is 2.34. The van der Waals surface area contributed by atoms with Crippen LogP contribution in [0.15, 0.2) is 30.5 Å². The molecule has 0 aliphatic rings. The van der Waals surface area contributed by atoms with Gasteiger partial charge in [0.1, 0.15) is 0 Å². The van der Waals surface area contributed by atoms with E-state index in [1.54, 1.807) is 6.20 Å². The van der Waals surface area contributed by atoms with Crippen molar-refractivity contribution in [1.29, 1.82) is 5.26 Å². The van der Waals surface area contributed by atoms with Gasteiger partial charge >= 0.3 is 0 Å². The summed E-state index contributed by atoms with van der Waals surface area (Å²) in [5, 5.41) is 19.1. The van der Waals surface area contributed by atoms with Crippen LogP contribution in [0.2, 0.25) is 0 Å². The quantitative estimate of drug-likeness (QED) is 0.805. The fourth-order valence-corrected chi connectivity index (χ4v) is 1.83. The fraction of sp³-hybridized carbons (Fsp3) is 0.308. The number of nitriles is 1. The number of aromatic nitrogens is 2.